The van der Waals surface area contributed by atoms with Gasteiger partial charge in [-0.25, -0.2) is 0 Å². The molecule has 1 aliphatic rings. The Morgan fingerprint density at radius 3 is 2.06 bits per heavy atom. The van der Waals surface area contributed by atoms with Crippen LogP contribution in [0.4, 0.5) is 0 Å². The van der Waals surface area contributed by atoms with Crippen LogP contribution in [-0.2, 0) is 9.59 Å². The van der Waals surface area contributed by atoms with Crippen LogP contribution in [0.15, 0.2) is 47.5 Å². The van der Waals surface area contributed by atoms with Crippen LogP contribution in [0.5, 0.6) is 5.75 Å². The second kappa shape index (κ2) is 10.6. The maximum atomic E-state index is 13.4. The summed E-state index contributed by atoms with van der Waals surface area (Å²) in [5.74, 6) is 0.816. The van der Waals surface area contributed by atoms with Crippen LogP contribution in [0.3, 0.4) is 0 Å². The van der Waals surface area contributed by atoms with Crippen molar-refractivity contribution in [2.75, 3.05) is 40.8 Å². The molecule has 0 bridgehead atoms. The molecule has 0 saturated carbocycles. The molecule has 1 heterocycles. The van der Waals surface area contributed by atoms with E-state index in [9.17, 15) is 9.59 Å². The van der Waals surface area contributed by atoms with Crippen LogP contribution in [0.1, 0.15) is 34.2 Å². The number of ether oxygens (including phenoxy) is 1. The minimum atomic E-state index is -0.00979. The Hall–Kier alpha value is -3.18. The van der Waals surface area contributed by atoms with Gasteiger partial charge in [-0.2, -0.15) is 0 Å². The number of nitrogens with zero attached hydrogens (tertiary/aromatic N) is 2. The molecule has 1 aliphatic heterocycles. The minimum Gasteiger partial charge on any atom is -0.496 e. The van der Waals surface area contributed by atoms with Gasteiger partial charge >= 0.3 is 0 Å². The number of carbonyl (C=O) groups is 2. The number of methoxy groups -OCH3 is 1. The van der Waals surface area contributed by atoms with Gasteiger partial charge in [-0.15, -0.1) is 0 Å². The van der Waals surface area contributed by atoms with Gasteiger partial charge in [-0.3, -0.25) is 9.59 Å². The fraction of sp³-hybridized carbons (Fsp3) is 0.357. The Morgan fingerprint density at radius 2 is 1.52 bits per heavy atom. The molecule has 1 amide bonds. The number of piperidine rings is 1. The first-order valence-electron chi connectivity index (χ1n) is 11.3. The van der Waals surface area contributed by atoms with Gasteiger partial charge in [0.25, 0.3) is 0 Å². The average Bonchev–Trinajstić information content (AvgIpc) is 2.78. The SMILES string of the molecule is COc1cc(/C=C2\CN(C(=O)CCN(C)C)C/C(=C\c3ccc(C)c(C)c3)C2=O)ccc1C. The van der Waals surface area contributed by atoms with Gasteiger partial charge in [0.15, 0.2) is 5.78 Å². The maximum Gasteiger partial charge on any atom is 0.224 e. The number of likely N-dealkylation sites (tertiary alicyclic amines) is 1. The zero-order chi connectivity index (χ0) is 24.1. The van der Waals surface area contributed by atoms with Crippen molar-refractivity contribution in [1.82, 2.24) is 9.80 Å². The highest BCUT2D eigenvalue weighted by atomic mass is 16.5. The van der Waals surface area contributed by atoms with Crippen LogP contribution >= 0.6 is 0 Å². The third-order valence-corrected chi connectivity index (χ3v) is 6.08. The fourth-order valence-corrected chi connectivity index (χ4v) is 3.88. The summed E-state index contributed by atoms with van der Waals surface area (Å²) in [6.45, 7) is 7.43. The molecule has 1 fully saturated rings. The van der Waals surface area contributed by atoms with E-state index < -0.39 is 0 Å². The summed E-state index contributed by atoms with van der Waals surface area (Å²) in [6, 6.07) is 12.0. The molecule has 0 radical (unpaired) electrons. The molecular formula is C28H34N2O3. The van der Waals surface area contributed by atoms with Crippen LogP contribution in [0.25, 0.3) is 12.2 Å². The Kier molecular flexibility index (Phi) is 7.88. The first-order chi connectivity index (χ1) is 15.7. The van der Waals surface area contributed by atoms with E-state index in [1.54, 1.807) is 12.0 Å². The number of carbonyl (C=O) groups excluding carboxylic acids is 2. The molecule has 0 aromatic heterocycles. The average molecular weight is 447 g/mol. The van der Waals surface area contributed by atoms with Crippen LogP contribution in [-0.4, -0.2) is 62.3 Å². The molecule has 174 valence electrons. The van der Waals surface area contributed by atoms with E-state index >= 15 is 0 Å². The highest BCUT2D eigenvalue weighted by Crippen LogP contribution is 2.26. The number of aryl methyl sites for hydroxylation is 3. The van der Waals surface area contributed by atoms with E-state index in [-0.39, 0.29) is 11.7 Å². The Balaban J connectivity index is 1.99. The number of benzene rings is 2. The van der Waals surface area contributed by atoms with E-state index in [4.69, 9.17) is 4.74 Å². The standard InChI is InChI=1S/C28H34N2O3/c1-19-7-9-22(13-21(19)3)14-24-17-30(27(31)11-12-29(4)5)18-25(28(24)32)15-23-10-8-20(2)26(16-23)33-6/h7-10,13-16H,11-12,17-18H2,1-6H3/b24-14+,25-15+. The van der Waals surface area contributed by atoms with Gasteiger partial charge in [0, 0.05) is 37.2 Å². The van der Waals surface area contributed by atoms with Gasteiger partial charge < -0.3 is 14.5 Å². The third-order valence-electron chi connectivity index (χ3n) is 6.08. The Labute approximate surface area is 197 Å². The van der Waals surface area contributed by atoms with Gasteiger partial charge in [-0.1, -0.05) is 30.3 Å². The maximum absolute atomic E-state index is 13.4. The molecule has 2 aromatic carbocycles. The van der Waals surface area contributed by atoms with Crippen LogP contribution < -0.4 is 4.74 Å². The van der Waals surface area contributed by atoms with Gasteiger partial charge in [0.2, 0.25) is 5.91 Å². The lowest BCUT2D eigenvalue weighted by Crippen LogP contribution is -2.42. The van der Waals surface area contributed by atoms with Crippen LogP contribution in [0, 0.1) is 20.8 Å². The summed E-state index contributed by atoms with van der Waals surface area (Å²) in [6.07, 6.45) is 4.22. The number of ketones is 1. The summed E-state index contributed by atoms with van der Waals surface area (Å²) in [5, 5.41) is 0. The van der Waals surface area contributed by atoms with E-state index in [0.29, 0.717) is 37.2 Å². The van der Waals surface area contributed by atoms with Gasteiger partial charge in [0.1, 0.15) is 5.75 Å². The van der Waals surface area contributed by atoms with Crippen molar-refractivity contribution in [3.63, 3.8) is 0 Å². The van der Waals surface area contributed by atoms with Gasteiger partial charge in [0.05, 0.1) is 7.11 Å². The summed E-state index contributed by atoms with van der Waals surface area (Å²) >= 11 is 0. The monoisotopic (exact) mass is 446 g/mol. The predicted molar refractivity (Wildman–Crippen MR) is 134 cm³/mol. The van der Waals surface area contributed by atoms with E-state index in [1.807, 2.05) is 62.3 Å². The van der Waals surface area contributed by atoms with Gasteiger partial charge in [-0.05, 0) is 80.9 Å². The lowest BCUT2D eigenvalue weighted by Gasteiger charge is -2.30. The molecule has 0 unspecified atom stereocenters. The van der Waals surface area contributed by atoms with Crippen molar-refractivity contribution in [1.29, 1.82) is 0 Å². The molecule has 33 heavy (non-hydrogen) atoms. The fourth-order valence-electron chi connectivity index (χ4n) is 3.88. The smallest absolute Gasteiger partial charge is 0.224 e. The van der Waals surface area contributed by atoms with Crippen molar-refractivity contribution in [3.8, 4) is 5.75 Å². The third kappa shape index (κ3) is 6.20. The Bertz CT molecular complexity index is 1110. The minimum absolute atomic E-state index is 0.00979. The Morgan fingerprint density at radius 1 is 0.939 bits per heavy atom. The molecule has 5 nitrogen and oxygen atoms in total. The summed E-state index contributed by atoms with van der Waals surface area (Å²) in [5.41, 5.74) is 6.52. The first kappa shape index (κ1) is 24.5. The number of hydrogen-bond donors (Lipinski definition) is 0. The summed E-state index contributed by atoms with van der Waals surface area (Å²) in [7, 11) is 5.54. The molecule has 3 rings (SSSR count). The highest BCUT2D eigenvalue weighted by Gasteiger charge is 2.29. The van der Waals surface area contributed by atoms with Crippen molar-refractivity contribution in [2.24, 2.45) is 0 Å². The predicted octanol–water partition coefficient (Wildman–Crippen LogP) is 4.45. The molecule has 2 aromatic rings. The zero-order valence-corrected chi connectivity index (χ0v) is 20.6. The normalized spacial score (nSPS) is 16.7. The van der Waals surface area contributed by atoms with Crippen molar-refractivity contribution in [2.45, 2.75) is 27.2 Å². The number of amides is 1. The number of Topliss-reactive ketones (excluding diaryl/α,β-unsaturated/α-hetero) is 1. The quantitative estimate of drug-likeness (QED) is 0.615. The molecule has 0 spiro atoms. The summed E-state index contributed by atoms with van der Waals surface area (Å²) in [4.78, 5) is 30.2. The molecule has 5 heteroatoms. The van der Waals surface area contributed by atoms with E-state index in [2.05, 4.69) is 26.0 Å². The largest absolute Gasteiger partial charge is 0.496 e. The molecular weight excluding hydrogens is 412 g/mol. The second-order valence-corrected chi connectivity index (χ2v) is 9.04. The van der Waals surface area contributed by atoms with Crippen molar-refractivity contribution in [3.05, 3.63) is 75.4 Å². The molecule has 0 aliphatic carbocycles. The molecule has 1 saturated heterocycles. The topological polar surface area (TPSA) is 49.9 Å². The van der Waals surface area contributed by atoms with Crippen molar-refractivity contribution >= 4 is 23.8 Å². The highest BCUT2D eigenvalue weighted by molar-refractivity contribution is 6.15. The lowest BCUT2D eigenvalue weighted by atomic mass is 9.93. The zero-order valence-electron chi connectivity index (χ0n) is 20.6. The molecule has 0 N–H and O–H groups in total. The lowest BCUT2D eigenvalue weighted by molar-refractivity contribution is -0.131. The number of hydrogen-bond acceptors (Lipinski definition) is 4. The summed E-state index contributed by atoms with van der Waals surface area (Å²) < 4.78 is 5.44. The first-order valence-corrected chi connectivity index (χ1v) is 11.3. The molecule has 0 atom stereocenters. The van der Waals surface area contributed by atoms with Crippen molar-refractivity contribution < 1.29 is 14.3 Å². The second-order valence-electron chi connectivity index (χ2n) is 9.04. The van der Waals surface area contributed by atoms with Crippen LogP contribution in [0.2, 0.25) is 0 Å². The van der Waals surface area contributed by atoms with E-state index in [1.165, 1.54) is 11.1 Å². The number of rotatable bonds is 6. The van der Waals surface area contributed by atoms with E-state index in [0.717, 1.165) is 22.4 Å².